The van der Waals surface area contributed by atoms with Crippen molar-refractivity contribution < 1.29 is 9.47 Å². The first-order chi connectivity index (χ1) is 11.7. The summed E-state index contributed by atoms with van der Waals surface area (Å²) in [7, 11) is 3.68. The van der Waals surface area contributed by atoms with Crippen LogP contribution >= 0.6 is 0 Å². The van der Waals surface area contributed by atoms with Crippen LogP contribution in [0.15, 0.2) is 41.7 Å². The summed E-state index contributed by atoms with van der Waals surface area (Å²) in [5, 5.41) is 10.7. The number of hydrogen-bond acceptors (Lipinski definition) is 4. The SMILES string of the molecule is CN=C(NCCc1cnn(C)c1)NCC1COc2ccccc2O1. The number of nitrogens with zero attached hydrogens (tertiary/aromatic N) is 3. The highest BCUT2D eigenvalue weighted by Gasteiger charge is 2.20. The lowest BCUT2D eigenvalue weighted by molar-refractivity contribution is 0.0936. The molecule has 1 unspecified atom stereocenters. The quantitative estimate of drug-likeness (QED) is 0.632. The molecular weight excluding hydrogens is 306 g/mol. The van der Waals surface area contributed by atoms with Crippen LogP contribution in [0.1, 0.15) is 5.56 Å². The van der Waals surface area contributed by atoms with Crippen molar-refractivity contribution in [2.45, 2.75) is 12.5 Å². The topological polar surface area (TPSA) is 72.7 Å². The molecule has 0 radical (unpaired) electrons. The minimum absolute atomic E-state index is 0.0447. The molecule has 0 saturated carbocycles. The van der Waals surface area contributed by atoms with E-state index >= 15 is 0 Å². The zero-order chi connectivity index (χ0) is 16.8. The lowest BCUT2D eigenvalue weighted by Crippen LogP contribution is -2.45. The van der Waals surface area contributed by atoms with E-state index in [-0.39, 0.29) is 6.10 Å². The molecule has 128 valence electrons. The van der Waals surface area contributed by atoms with Crippen LogP contribution in [0.3, 0.4) is 0 Å². The molecule has 1 aromatic carbocycles. The monoisotopic (exact) mass is 329 g/mol. The average Bonchev–Trinajstić information content (AvgIpc) is 3.03. The van der Waals surface area contributed by atoms with Gasteiger partial charge in [0.2, 0.25) is 0 Å². The summed E-state index contributed by atoms with van der Waals surface area (Å²) in [4.78, 5) is 4.23. The molecule has 0 aliphatic carbocycles. The van der Waals surface area contributed by atoms with Crippen molar-refractivity contribution in [2.24, 2.45) is 12.0 Å². The molecule has 2 heterocycles. The minimum Gasteiger partial charge on any atom is -0.486 e. The van der Waals surface area contributed by atoms with E-state index in [1.54, 1.807) is 11.7 Å². The maximum absolute atomic E-state index is 5.92. The fourth-order valence-electron chi connectivity index (χ4n) is 2.52. The molecule has 3 rings (SSSR count). The van der Waals surface area contributed by atoms with Crippen LogP contribution in [0.4, 0.5) is 0 Å². The smallest absolute Gasteiger partial charge is 0.191 e. The normalized spacial score (nSPS) is 16.8. The molecule has 7 nitrogen and oxygen atoms in total. The van der Waals surface area contributed by atoms with Gasteiger partial charge in [-0.15, -0.1) is 0 Å². The second-order valence-corrected chi connectivity index (χ2v) is 5.65. The Labute approximate surface area is 141 Å². The van der Waals surface area contributed by atoms with Crippen LogP contribution in [-0.2, 0) is 13.5 Å². The number of guanidine groups is 1. The van der Waals surface area contributed by atoms with Gasteiger partial charge in [0.05, 0.1) is 12.7 Å². The Hall–Kier alpha value is -2.70. The van der Waals surface area contributed by atoms with Gasteiger partial charge in [0.1, 0.15) is 12.7 Å². The second kappa shape index (κ2) is 7.72. The Bertz CT molecular complexity index is 698. The van der Waals surface area contributed by atoms with Crippen LogP contribution in [0.2, 0.25) is 0 Å². The van der Waals surface area contributed by atoms with Crippen LogP contribution in [0.5, 0.6) is 11.5 Å². The van der Waals surface area contributed by atoms with Gasteiger partial charge in [0.15, 0.2) is 17.5 Å². The van der Waals surface area contributed by atoms with Gasteiger partial charge in [-0.1, -0.05) is 12.1 Å². The maximum atomic E-state index is 5.92. The lowest BCUT2D eigenvalue weighted by Gasteiger charge is -2.27. The molecule has 1 atom stereocenters. The molecule has 1 aliphatic rings. The molecule has 0 spiro atoms. The Morgan fingerprint density at radius 2 is 2.17 bits per heavy atom. The zero-order valence-electron chi connectivity index (χ0n) is 14.0. The maximum Gasteiger partial charge on any atom is 0.191 e. The number of hydrogen-bond donors (Lipinski definition) is 2. The Morgan fingerprint density at radius 1 is 1.33 bits per heavy atom. The molecule has 1 aliphatic heterocycles. The number of fused-ring (bicyclic) bond motifs is 1. The van der Waals surface area contributed by atoms with Gasteiger partial charge in [-0.25, -0.2) is 0 Å². The van der Waals surface area contributed by atoms with Crippen LogP contribution in [0.25, 0.3) is 0 Å². The fraction of sp³-hybridized carbons (Fsp3) is 0.412. The second-order valence-electron chi connectivity index (χ2n) is 5.65. The molecule has 24 heavy (non-hydrogen) atoms. The average molecular weight is 329 g/mol. The predicted molar refractivity (Wildman–Crippen MR) is 92.6 cm³/mol. The van der Waals surface area contributed by atoms with E-state index in [0.717, 1.165) is 30.4 Å². The van der Waals surface area contributed by atoms with Crippen LogP contribution in [0, 0.1) is 0 Å². The molecule has 0 bridgehead atoms. The fourth-order valence-corrected chi connectivity index (χ4v) is 2.52. The van der Waals surface area contributed by atoms with E-state index in [1.165, 1.54) is 5.56 Å². The number of aryl methyl sites for hydroxylation is 1. The van der Waals surface area contributed by atoms with Crippen molar-refractivity contribution in [1.82, 2.24) is 20.4 Å². The number of rotatable bonds is 5. The van der Waals surface area contributed by atoms with E-state index in [4.69, 9.17) is 9.47 Å². The van der Waals surface area contributed by atoms with Gasteiger partial charge in [-0.05, 0) is 24.1 Å². The van der Waals surface area contributed by atoms with Crippen molar-refractivity contribution in [1.29, 1.82) is 0 Å². The highest BCUT2D eigenvalue weighted by atomic mass is 16.6. The van der Waals surface area contributed by atoms with Crippen molar-refractivity contribution in [2.75, 3.05) is 26.7 Å². The third-order valence-electron chi connectivity index (χ3n) is 3.75. The number of ether oxygens (including phenoxy) is 2. The van der Waals surface area contributed by atoms with E-state index in [2.05, 4.69) is 20.7 Å². The van der Waals surface area contributed by atoms with E-state index in [0.29, 0.717) is 13.2 Å². The first-order valence-electron chi connectivity index (χ1n) is 8.05. The largest absolute Gasteiger partial charge is 0.486 e. The van der Waals surface area contributed by atoms with E-state index in [1.807, 2.05) is 43.7 Å². The first-order valence-corrected chi connectivity index (χ1v) is 8.05. The number of nitrogens with one attached hydrogen (secondary N) is 2. The molecule has 0 saturated heterocycles. The van der Waals surface area contributed by atoms with Gasteiger partial charge in [-0.3, -0.25) is 9.67 Å². The number of aliphatic imine (C=N–C) groups is 1. The van der Waals surface area contributed by atoms with Gasteiger partial charge >= 0.3 is 0 Å². The predicted octanol–water partition coefficient (Wildman–Crippen LogP) is 0.968. The molecular formula is C17H23N5O2. The summed E-state index contributed by atoms with van der Waals surface area (Å²) in [5.74, 6) is 2.34. The van der Waals surface area contributed by atoms with Crippen LogP contribution in [-0.4, -0.2) is 48.6 Å². The van der Waals surface area contributed by atoms with Crippen LogP contribution < -0.4 is 20.1 Å². The molecule has 0 amide bonds. The summed E-state index contributed by atoms with van der Waals surface area (Å²) in [6.45, 7) is 1.94. The Balaban J connectivity index is 1.41. The standard InChI is InChI=1S/C17H23N5O2/c1-18-17(19-8-7-13-9-21-22(2)11-13)20-10-14-12-23-15-5-3-4-6-16(15)24-14/h3-6,9,11,14H,7-8,10,12H2,1-2H3,(H2,18,19,20). The Kier molecular flexibility index (Phi) is 5.20. The van der Waals surface area contributed by atoms with Crippen molar-refractivity contribution in [3.8, 4) is 11.5 Å². The lowest BCUT2D eigenvalue weighted by atomic mass is 10.2. The van der Waals surface area contributed by atoms with Gasteiger partial charge in [0.25, 0.3) is 0 Å². The van der Waals surface area contributed by atoms with Crippen molar-refractivity contribution >= 4 is 5.96 Å². The summed E-state index contributed by atoms with van der Waals surface area (Å²) >= 11 is 0. The zero-order valence-corrected chi connectivity index (χ0v) is 14.0. The molecule has 7 heteroatoms. The number of para-hydroxylation sites is 2. The number of aromatic nitrogens is 2. The summed E-state index contributed by atoms with van der Waals surface area (Å²) < 4.78 is 13.4. The Morgan fingerprint density at radius 3 is 2.92 bits per heavy atom. The van der Waals surface area contributed by atoms with E-state index < -0.39 is 0 Å². The third kappa shape index (κ3) is 4.18. The summed E-state index contributed by atoms with van der Waals surface area (Å²) in [6, 6.07) is 7.71. The molecule has 1 aromatic heterocycles. The first kappa shape index (κ1) is 16.2. The van der Waals surface area contributed by atoms with Crippen molar-refractivity contribution in [3.05, 3.63) is 42.2 Å². The molecule has 2 N–H and O–H groups in total. The van der Waals surface area contributed by atoms with Gasteiger partial charge < -0.3 is 20.1 Å². The molecule has 2 aromatic rings. The van der Waals surface area contributed by atoms with Crippen molar-refractivity contribution in [3.63, 3.8) is 0 Å². The highest BCUT2D eigenvalue weighted by Crippen LogP contribution is 2.30. The van der Waals surface area contributed by atoms with Gasteiger partial charge in [-0.2, -0.15) is 5.10 Å². The minimum atomic E-state index is -0.0447. The third-order valence-corrected chi connectivity index (χ3v) is 3.75. The molecule has 0 fully saturated rings. The van der Waals surface area contributed by atoms with Gasteiger partial charge in [0, 0.05) is 26.8 Å². The van der Waals surface area contributed by atoms with E-state index in [9.17, 15) is 0 Å². The highest BCUT2D eigenvalue weighted by molar-refractivity contribution is 5.79. The summed E-state index contributed by atoms with van der Waals surface area (Å²) in [6.07, 6.45) is 4.74. The number of benzene rings is 1. The summed E-state index contributed by atoms with van der Waals surface area (Å²) in [5.41, 5.74) is 1.20.